The van der Waals surface area contributed by atoms with Gasteiger partial charge in [0.25, 0.3) is 10.0 Å². The number of ether oxygens (including phenoxy) is 1. The topological polar surface area (TPSA) is 117 Å². The summed E-state index contributed by atoms with van der Waals surface area (Å²) >= 11 is 29.8. The number of amides is 2. The molecule has 2 heterocycles. The number of likely N-dealkylation sites (tertiary alicyclic amines) is 1. The molecule has 0 saturated carbocycles. The zero-order chi connectivity index (χ0) is 28.4. The Morgan fingerprint density at radius 1 is 1.21 bits per heavy atom. The number of sulfonamides is 1. The number of nitrogens with one attached hydrogen (secondary N) is 2. The lowest BCUT2D eigenvalue weighted by Crippen LogP contribution is -2.41. The summed E-state index contributed by atoms with van der Waals surface area (Å²) in [7, 11) is -3.97. The first kappa shape index (κ1) is 30.1. The average molecular weight is 673 g/mol. The van der Waals surface area contributed by atoms with Gasteiger partial charge in [-0.2, -0.15) is 4.72 Å². The predicted molar refractivity (Wildman–Crippen MR) is 155 cm³/mol. The van der Waals surface area contributed by atoms with Gasteiger partial charge in [-0.05, 0) is 42.3 Å². The molecule has 2 N–H and O–H groups in total. The van der Waals surface area contributed by atoms with Gasteiger partial charge >= 0.3 is 6.09 Å². The van der Waals surface area contributed by atoms with Crippen LogP contribution in [0, 0.1) is 0 Å². The summed E-state index contributed by atoms with van der Waals surface area (Å²) in [6.45, 7) is 0.182. The molecule has 1 aliphatic rings. The molecule has 0 unspecified atom stereocenters. The third kappa shape index (κ3) is 8.11. The van der Waals surface area contributed by atoms with Crippen LogP contribution in [0.4, 0.5) is 10.5 Å². The van der Waals surface area contributed by atoms with Crippen LogP contribution in [-0.4, -0.2) is 54.6 Å². The molecule has 1 atom stereocenters. The van der Waals surface area contributed by atoms with Crippen LogP contribution < -0.4 is 10.0 Å². The van der Waals surface area contributed by atoms with E-state index in [0.717, 1.165) is 23.2 Å². The number of nitrogens with zero attached hydrogens (tertiary/aromatic N) is 2. The van der Waals surface area contributed by atoms with Crippen LogP contribution in [0.1, 0.15) is 12.0 Å². The molecule has 2 aromatic carbocycles. The molecule has 0 aliphatic carbocycles. The fourth-order valence-electron chi connectivity index (χ4n) is 3.73. The second-order valence-corrected chi connectivity index (χ2v) is 14.7. The molecule has 4 rings (SSSR count). The summed E-state index contributed by atoms with van der Waals surface area (Å²) in [5.41, 5.74) is 1.26. The monoisotopic (exact) mass is 670 g/mol. The van der Waals surface area contributed by atoms with E-state index in [4.69, 9.17) is 62.7 Å². The molecular weight excluding hydrogens is 654 g/mol. The highest BCUT2D eigenvalue weighted by atomic mass is 35.6. The zero-order valence-corrected chi connectivity index (χ0v) is 25.1. The van der Waals surface area contributed by atoms with Crippen molar-refractivity contribution in [3.63, 3.8) is 0 Å². The second-order valence-electron chi connectivity index (χ2n) is 8.35. The minimum Gasteiger partial charge on any atom is -0.445 e. The minimum absolute atomic E-state index is 0.0447. The van der Waals surface area contributed by atoms with Crippen LogP contribution in [0.2, 0.25) is 10.0 Å². The van der Waals surface area contributed by atoms with E-state index in [-0.39, 0.29) is 16.7 Å². The maximum absolute atomic E-state index is 13.0. The molecule has 2 amide bonds. The molecule has 1 saturated heterocycles. The van der Waals surface area contributed by atoms with Gasteiger partial charge in [-0.25, -0.2) is 18.2 Å². The second kappa shape index (κ2) is 12.4. The van der Waals surface area contributed by atoms with E-state index in [1.54, 1.807) is 41.3 Å². The smallest absolute Gasteiger partial charge is 0.412 e. The number of hydrogen-bond donors (Lipinski definition) is 2. The standard InChI is InChI=1S/C23H19Cl5N4O5S2/c24-14-7-17(25)16-9-20(38-19(16)8-14)39(35,36)31-18-4-5-32(21(18)33)10-13-2-1-3-15(6-13)29-12-30-22(34)37-11-23(26,27)28/h1-3,6-9,12,18,31H,4-5,10-11H2,(H,29,30,34)/t18-/m0/s1. The lowest BCUT2D eigenvalue weighted by Gasteiger charge is -2.17. The van der Waals surface area contributed by atoms with E-state index in [1.165, 1.54) is 6.07 Å². The van der Waals surface area contributed by atoms with Gasteiger partial charge in [0.1, 0.15) is 16.9 Å². The Balaban J connectivity index is 1.35. The van der Waals surface area contributed by atoms with Gasteiger partial charge in [0.05, 0.1) is 17.0 Å². The van der Waals surface area contributed by atoms with Crippen molar-refractivity contribution < 1.29 is 22.7 Å². The van der Waals surface area contributed by atoms with Gasteiger partial charge in [0.15, 0.2) is 0 Å². The third-order valence-corrected chi connectivity index (χ3v) is 9.32. The summed E-state index contributed by atoms with van der Waals surface area (Å²) in [6.07, 6.45) is 0.592. The molecule has 1 fully saturated rings. The van der Waals surface area contributed by atoms with Gasteiger partial charge in [-0.1, -0.05) is 70.1 Å². The molecule has 3 aromatic rings. The Morgan fingerprint density at radius 2 is 1.97 bits per heavy atom. The first-order valence-electron chi connectivity index (χ1n) is 11.1. The van der Waals surface area contributed by atoms with E-state index < -0.39 is 32.6 Å². The van der Waals surface area contributed by atoms with Crippen molar-refractivity contribution in [1.82, 2.24) is 14.9 Å². The van der Waals surface area contributed by atoms with Gasteiger partial charge in [0.2, 0.25) is 9.70 Å². The number of benzene rings is 2. The average Bonchev–Trinajstić information content (AvgIpc) is 3.42. The Hall–Kier alpha value is -1.83. The summed E-state index contributed by atoms with van der Waals surface area (Å²) in [4.78, 5) is 30.3. The number of rotatable bonds is 8. The number of hydrogen-bond acceptors (Lipinski definition) is 7. The Bertz CT molecular complexity index is 1540. The normalized spacial score (nSPS) is 16.4. The van der Waals surface area contributed by atoms with Crippen LogP contribution >= 0.6 is 69.3 Å². The highest BCUT2D eigenvalue weighted by Gasteiger charge is 2.35. The Morgan fingerprint density at radius 3 is 2.72 bits per heavy atom. The third-order valence-electron chi connectivity index (χ3n) is 5.44. The first-order valence-corrected chi connectivity index (χ1v) is 15.3. The molecule has 0 bridgehead atoms. The molecule has 208 valence electrons. The van der Waals surface area contributed by atoms with Crippen molar-refractivity contribution in [2.75, 3.05) is 13.2 Å². The summed E-state index contributed by atoms with van der Waals surface area (Å²) in [5, 5.41) is 3.61. The fourth-order valence-corrected chi connectivity index (χ4v) is 7.25. The van der Waals surface area contributed by atoms with E-state index in [9.17, 15) is 18.0 Å². The van der Waals surface area contributed by atoms with Crippen LogP contribution in [0.25, 0.3) is 10.1 Å². The van der Waals surface area contributed by atoms with Crippen molar-refractivity contribution in [1.29, 1.82) is 0 Å². The van der Waals surface area contributed by atoms with Crippen molar-refractivity contribution >= 4 is 113 Å². The van der Waals surface area contributed by atoms with E-state index in [0.29, 0.717) is 38.8 Å². The van der Waals surface area contributed by atoms with Gasteiger partial charge < -0.3 is 9.64 Å². The van der Waals surface area contributed by atoms with E-state index in [1.807, 2.05) is 0 Å². The van der Waals surface area contributed by atoms with Gasteiger partial charge in [-0.3, -0.25) is 10.1 Å². The molecule has 1 aromatic heterocycles. The quantitative estimate of drug-likeness (QED) is 0.172. The van der Waals surface area contributed by atoms with Crippen LogP contribution in [0.3, 0.4) is 0 Å². The maximum Gasteiger partial charge on any atom is 0.412 e. The fraction of sp³-hybridized carbons (Fsp3) is 0.261. The molecule has 1 aliphatic heterocycles. The largest absolute Gasteiger partial charge is 0.445 e. The lowest BCUT2D eigenvalue weighted by molar-refractivity contribution is -0.129. The number of alkyl carbamates (subject to hydrolysis) is 1. The Labute approximate surface area is 253 Å². The number of alkyl halides is 3. The molecule has 16 heteroatoms. The maximum atomic E-state index is 13.0. The van der Waals surface area contributed by atoms with Crippen molar-refractivity contribution in [2.24, 2.45) is 4.99 Å². The molecular formula is C23H19Cl5N4O5S2. The summed E-state index contributed by atoms with van der Waals surface area (Å²) < 4.78 is 32.2. The predicted octanol–water partition coefficient (Wildman–Crippen LogP) is 6.04. The first-order chi connectivity index (χ1) is 18.3. The number of thiophene rings is 1. The molecule has 9 nitrogen and oxygen atoms in total. The van der Waals surface area contributed by atoms with E-state index >= 15 is 0 Å². The SMILES string of the molecule is O=C(NC=Nc1cccc(CN2CC[C@H](NS(=O)(=O)c3cc4c(Cl)cc(Cl)cc4s3)C2=O)c1)OCC(Cl)(Cl)Cl. The molecule has 0 radical (unpaired) electrons. The number of halogens is 5. The number of fused-ring (bicyclic) bond motifs is 1. The Kier molecular flexibility index (Phi) is 9.55. The minimum atomic E-state index is -3.97. The van der Waals surface area contributed by atoms with Gasteiger partial charge in [-0.15, -0.1) is 11.3 Å². The highest BCUT2D eigenvalue weighted by Crippen LogP contribution is 2.36. The number of carbonyl (C=O) groups excluding carboxylic acids is 2. The number of aliphatic imine (C=N–C) groups is 1. The van der Waals surface area contributed by atoms with Crippen molar-refractivity contribution in [3.05, 3.63) is 58.1 Å². The molecule has 0 spiro atoms. The summed E-state index contributed by atoms with van der Waals surface area (Å²) in [5.74, 6) is -0.340. The highest BCUT2D eigenvalue weighted by molar-refractivity contribution is 7.91. The van der Waals surface area contributed by atoms with Crippen LogP contribution in [0.15, 0.2) is 51.7 Å². The van der Waals surface area contributed by atoms with Crippen LogP contribution in [-0.2, 0) is 26.1 Å². The van der Waals surface area contributed by atoms with Crippen molar-refractivity contribution in [3.8, 4) is 0 Å². The van der Waals surface area contributed by atoms with Crippen molar-refractivity contribution in [2.45, 2.75) is 27.0 Å². The van der Waals surface area contributed by atoms with E-state index in [2.05, 4.69) is 15.0 Å². The summed E-state index contributed by atoms with van der Waals surface area (Å²) in [6, 6.07) is 10.7. The lowest BCUT2D eigenvalue weighted by atomic mass is 10.2. The van der Waals surface area contributed by atoms with Crippen LogP contribution in [0.5, 0.6) is 0 Å². The van der Waals surface area contributed by atoms with Gasteiger partial charge in [0, 0.05) is 28.2 Å². The zero-order valence-electron chi connectivity index (χ0n) is 19.7. The molecule has 39 heavy (non-hydrogen) atoms. The number of carbonyl (C=O) groups is 2.